The molecule has 31 heteroatoms. The highest BCUT2D eigenvalue weighted by atomic mass is 32.2. The largest absolute Gasteiger partial charge is 0.444 e. The van der Waals surface area contributed by atoms with Crippen LogP contribution in [0.3, 0.4) is 0 Å². The van der Waals surface area contributed by atoms with Crippen LogP contribution < -0.4 is 9.80 Å². The maximum absolute atomic E-state index is 14.3. The average molecular weight is 1700 g/mol. The third kappa shape index (κ3) is 24.6. The molecular formula is C85H128N12O13S2Si4. The number of aliphatic hydroxyl groups excluding tert-OH is 1. The van der Waals surface area contributed by atoms with Gasteiger partial charge in [0.15, 0.2) is 32.8 Å². The standard InChI is InChI=1S/C42H62N6O7SSi2.C42H62N6O5SSi2.CH4O/c1-42(2,3)55-41(49)47-33-22-32(23-34(47)27-54-26-33)37-38(56(4,50)51)40(46(28-52-18-20-57(5,6)7)29-53-19-21-58(8,9)10)48-39(45-37)35(25-44-48)31-16-17-36(43-24-31)30-14-12-11-13-15-30;1-42(2,3)53-41(49)47-33-22-32(23-34(47)27-52-26-33)37-38(54-4)40(46(28-50-18-20-55(5,6)7)29-51-19-21-56(8,9)10)48-39(45-37)35(25-44-48)31-16-17-36(43-24-31)30-14-12-11-13-15-30;1-2/h11-17,24-25,32-34H,18-23,26-29H2,1-10H3;11-17,24-25,32-34H,18-23,26-29H2,1-10H3;2H,1H3. The number of piperidine rings is 2. The topological polar surface area (TPSA) is 261 Å². The second kappa shape index (κ2) is 39.0. The number of pyridine rings is 2. The fourth-order valence-electron chi connectivity index (χ4n) is 14.7. The third-order valence-corrected chi connectivity index (χ3v) is 29.4. The van der Waals surface area contributed by atoms with Crippen LogP contribution in [0.1, 0.15) is 90.4 Å². The van der Waals surface area contributed by atoms with Crippen LogP contribution in [0, 0.1) is 0 Å². The predicted octanol–water partition coefficient (Wildman–Crippen LogP) is 17.3. The Kier molecular flexibility index (Phi) is 30.7. The highest BCUT2D eigenvalue weighted by Gasteiger charge is 2.48. The van der Waals surface area contributed by atoms with Crippen molar-refractivity contribution in [2.45, 2.75) is 227 Å². The van der Waals surface area contributed by atoms with Crippen LogP contribution in [-0.4, -0.2) is 242 Å². The molecule has 4 aliphatic heterocycles. The maximum atomic E-state index is 14.3. The number of rotatable bonds is 30. The number of hydrogen-bond donors (Lipinski definition) is 1. The first-order valence-corrected chi connectivity index (χ1v) is 58.7. The number of carbonyl (C=O) groups excluding carboxylic acids is 2. The summed E-state index contributed by atoms with van der Waals surface area (Å²) in [5.74, 6) is 1.01. The van der Waals surface area contributed by atoms with E-state index in [4.69, 9.17) is 73.1 Å². The molecule has 12 rings (SSSR count). The molecule has 116 heavy (non-hydrogen) atoms. The minimum atomic E-state index is -3.94. The zero-order valence-electron chi connectivity index (χ0n) is 72.5. The Balaban J connectivity index is 0.000000240. The molecule has 4 aliphatic rings. The first-order valence-electron chi connectivity index (χ1n) is 40.7. The molecule has 25 nitrogen and oxygen atoms in total. The molecule has 4 atom stereocenters. The summed E-state index contributed by atoms with van der Waals surface area (Å²) in [6, 6.07) is 31.5. The number of carbonyl (C=O) groups is 2. The van der Waals surface area contributed by atoms with Crippen molar-refractivity contribution in [3.63, 3.8) is 0 Å². The first-order chi connectivity index (χ1) is 54.7. The van der Waals surface area contributed by atoms with Crippen LogP contribution in [0.15, 0.2) is 120 Å². The van der Waals surface area contributed by atoms with Crippen LogP contribution in [0.5, 0.6) is 0 Å². The lowest BCUT2D eigenvalue weighted by atomic mass is 9.83. The quantitative estimate of drug-likeness (QED) is 0.0190. The highest BCUT2D eigenvalue weighted by Crippen LogP contribution is 2.47. The number of thioether (sulfide) groups is 1. The number of benzene rings is 2. The van der Waals surface area contributed by atoms with Gasteiger partial charge >= 0.3 is 12.2 Å². The van der Waals surface area contributed by atoms with E-state index in [2.05, 4.69) is 114 Å². The van der Waals surface area contributed by atoms with Crippen LogP contribution in [0.4, 0.5) is 21.2 Å². The second-order valence-electron chi connectivity index (χ2n) is 37.7. The molecule has 4 saturated heterocycles. The zero-order valence-corrected chi connectivity index (χ0v) is 78.2. The predicted molar refractivity (Wildman–Crippen MR) is 474 cm³/mol. The summed E-state index contributed by atoms with van der Waals surface area (Å²) in [5, 5.41) is 16.9. The van der Waals surface area contributed by atoms with E-state index in [1.165, 1.54) is 6.26 Å². The van der Waals surface area contributed by atoms with Gasteiger partial charge in [-0.3, -0.25) is 19.8 Å². The number of aliphatic hydroxyl groups is 1. The molecule has 0 spiro atoms. The van der Waals surface area contributed by atoms with Crippen molar-refractivity contribution in [2.75, 3.05) is 109 Å². The van der Waals surface area contributed by atoms with E-state index in [1.54, 1.807) is 27.4 Å². The molecule has 4 fully saturated rings. The molecule has 1 N–H and O–H groups in total. The van der Waals surface area contributed by atoms with Crippen LogP contribution >= 0.6 is 11.8 Å². The van der Waals surface area contributed by atoms with E-state index in [0.29, 0.717) is 115 Å². The van der Waals surface area contributed by atoms with Crippen molar-refractivity contribution in [1.29, 1.82) is 0 Å². The number of nitrogens with zero attached hydrogens (tertiary/aromatic N) is 12. The number of fused-ring (bicyclic) bond motifs is 6. The van der Waals surface area contributed by atoms with Crippen molar-refractivity contribution in [1.82, 2.24) is 49.0 Å². The summed E-state index contributed by atoms with van der Waals surface area (Å²) >= 11 is 1.68. The molecule has 8 aromatic rings. The van der Waals surface area contributed by atoms with Gasteiger partial charge in [0.25, 0.3) is 0 Å². The molecule has 634 valence electrons. The molecule has 0 saturated carbocycles. The van der Waals surface area contributed by atoms with E-state index in [0.717, 1.165) is 92.5 Å². The minimum Gasteiger partial charge on any atom is -0.444 e. The van der Waals surface area contributed by atoms with Crippen molar-refractivity contribution in [2.24, 2.45) is 0 Å². The number of aromatic nitrogens is 8. The summed E-state index contributed by atoms with van der Waals surface area (Å²) in [6.07, 6.45) is 12.3. The van der Waals surface area contributed by atoms with Crippen molar-refractivity contribution < 1.29 is 61.0 Å². The fourth-order valence-corrected chi connectivity index (χ4v) is 19.7. The fraction of sp³-hybridized carbons (Fsp3) is 0.576. The van der Waals surface area contributed by atoms with Gasteiger partial charge in [0.1, 0.15) is 43.0 Å². The number of hydrogen-bond acceptors (Lipinski definition) is 22. The van der Waals surface area contributed by atoms with Gasteiger partial charge in [0.05, 0.1) is 90.7 Å². The van der Waals surface area contributed by atoms with Crippen LogP contribution in [-0.2, 0) is 47.7 Å². The van der Waals surface area contributed by atoms with Crippen molar-refractivity contribution in [3.8, 4) is 44.8 Å². The second-order valence-corrected chi connectivity index (χ2v) is 63.0. The molecule has 10 heterocycles. The SMILES string of the molecule is CC(C)(C)OC(=O)N1C2COCC1CC(c1nc3c(-c4ccc(-c5ccccc5)nc4)cnn3c(N(COCC[Si](C)(C)C)COCC[Si](C)(C)C)c1S(C)(=O)=O)C2.CO.CSc1c(C2CC3COCC(C2)N3C(=O)OC(C)(C)C)nc2c(-c3ccc(-c4ccccc4)nc3)cnn2c1N(COCC[Si](C)(C)C)COCC[Si](C)(C)C. The van der Waals surface area contributed by atoms with Gasteiger partial charge in [-0.15, -0.1) is 11.8 Å². The van der Waals surface area contributed by atoms with Crippen molar-refractivity contribution in [3.05, 3.63) is 121 Å². The Morgan fingerprint density at radius 2 is 0.828 bits per heavy atom. The Hall–Kier alpha value is -6.99. The van der Waals surface area contributed by atoms with E-state index >= 15 is 0 Å². The minimum absolute atomic E-state index is 0.0718. The van der Waals surface area contributed by atoms with Gasteiger partial charge in [0, 0.05) is 130 Å². The Morgan fingerprint density at radius 1 is 0.491 bits per heavy atom. The van der Waals surface area contributed by atoms with E-state index < -0.39 is 59.4 Å². The summed E-state index contributed by atoms with van der Waals surface area (Å²) in [6.45, 7) is 44.3. The van der Waals surface area contributed by atoms with Gasteiger partial charge in [-0.2, -0.15) is 19.2 Å². The summed E-state index contributed by atoms with van der Waals surface area (Å²) in [7, 11) is -8.40. The Bertz CT molecular complexity index is 4590. The number of morpholine rings is 2. The monoisotopic (exact) mass is 1700 g/mol. The van der Waals surface area contributed by atoms with Gasteiger partial charge in [0.2, 0.25) is 0 Å². The normalized spacial score (nSPS) is 18.8. The Morgan fingerprint density at radius 3 is 1.15 bits per heavy atom. The molecular weight excluding hydrogens is 1570 g/mol. The number of amides is 2. The van der Waals surface area contributed by atoms with E-state index in [9.17, 15) is 18.0 Å². The lowest BCUT2D eigenvalue weighted by Gasteiger charge is -2.48. The number of anilines is 2. The van der Waals surface area contributed by atoms with E-state index in [1.807, 2.05) is 135 Å². The molecule has 4 bridgehead atoms. The molecule has 2 aromatic carbocycles. The molecule has 6 aromatic heterocycles. The zero-order chi connectivity index (χ0) is 84.3. The maximum Gasteiger partial charge on any atom is 0.410 e. The van der Waals surface area contributed by atoms with Crippen LogP contribution in [0.2, 0.25) is 103 Å². The Labute approximate surface area is 696 Å². The highest BCUT2D eigenvalue weighted by molar-refractivity contribution is 7.98. The summed E-state index contributed by atoms with van der Waals surface area (Å²) in [4.78, 5) is 56.5. The van der Waals surface area contributed by atoms with Crippen LogP contribution in [0.25, 0.3) is 56.1 Å². The number of sulfone groups is 1. The first kappa shape index (κ1) is 91.3. The smallest absolute Gasteiger partial charge is 0.410 e. The molecule has 4 unspecified atom stereocenters. The van der Waals surface area contributed by atoms with Gasteiger partial charge in [-0.05, 0) is 110 Å². The van der Waals surface area contributed by atoms with Gasteiger partial charge < -0.3 is 52.8 Å². The van der Waals surface area contributed by atoms with Crippen molar-refractivity contribution >= 4 is 89.0 Å². The lowest BCUT2D eigenvalue weighted by Crippen LogP contribution is -2.59. The van der Waals surface area contributed by atoms with Gasteiger partial charge in [-0.25, -0.2) is 28.0 Å². The molecule has 0 radical (unpaired) electrons. The molecule has 2 amide bonds. The number of ether oxygens (including phenoxy) is 8. The van der Waals surface area contributed by atoms with Gasteiger partial charge in [-0.1, -0.05) is 151 Å². The third-order valence-electron chi connectivity index (χ3n) is 20.7. The summed E-state index contributed by atoms with van der Waals surface area (Å²) in [5.41, 5.74) is 8.60. The summed E-state index contributed by atoms with van der Waals surface area (Å²) < 4.78 is 81.7. The average Bonchev–Trinajstić information content (AvgIpc) is 1.45. The molecule has 0 aliphatic carbocycles. The van der Waals surface area contributed by atoms with E-state index in [-0.39, 0.29) is 60.5 Å². The lowest BCUT2D eigenvalue weighted by molar-refractivity contribution is -0.0831.